The summed E-state index contributed by atoms with van der Waals surface area (Å²) in [5.74, 6) is -1.68. The zero-order valence-electron chi connectivity index (χ0n) is 20.5. The van der Waals surface area contributed by atoms with Crippen molar-refractivity contribution in [2.75, 3.05) is 13.2 Å². The minimum Gasteiger partial charge on any atom is -0.453 e. The molecule has 4 rings (SSSR count). The lowest BCUT2D eigenvalue weighted by Crippen LogP contribution is -2.67. The van der Waals surface area contributed by atoms with Crippen molar-refractivity contribution in [2.45, 2.75) is 37.8 Å². The van der Waals surface area contributed by atoms with E-state index in [1.165, 1.54) is 6.92 Å². The number of carbonyl (C=O) groups excluding carboxylic acids is 3. The normalized spacial score (nSPS) is 21.6. The van der Waals surface area contributed by atoms with E-state index >= 15 is 0 Å². The van der Waals surface area contributed by atoms with Gasteiger partial charge in [-0.3, -0.25) is 9.69 Å². The van der Waals surface area contributed by atoms with E-state index in [0.29, 0.717) is 12.1 Å². The van der Waals surface area contributed by atoms with Crippen LogP contribution < -0.4 is 5.32 Å². The first-order chi connectivity index (χ1) is 18.0. The summed E-state index contributed by atoms with van der Waals surface area (Å²) in [5, 5.41) is 2.82. The third kappa shape index (κ3) is 6.59. The number of nitrogens with one attached hydrogen (secondary N) is 1. The molecule has 0 bridgehead atoms. The number of ether oxygens (including phenoxy) is 2. The van der Waals surface area contributed by atoms with E-state index in [2.05, 4.69) is 5.32 Å². The topological polar surface area (TPSA) is 84.9 Å². The first-order valence-electron chi connectivity index (χ1n) is 12.1. The van der Waals surface area contributed by atoms with Gasteiger partial charge in [-0.1, -0.05) is 66.7 Å². The van der Waals surface area contributed by atoms with E-state index in [4.69, 9.17) is 9.47 Å². The fourth-order valence-corrected chi connectivity index (χ4v) is 4.55. The van der Waals surface area contributed by atoms with Crippen LogP contribution in [0.25, 0.3) is 0 Å². The standard InChI is InChI=1S/C29H29FN2O5/c1-20(33)31-24-19-32(18-21-11-5-2-6-12-21)25(17-30)27(37-29(35)23-15-9-4-10-16-23)26(24)36-28(34)22-13-7-3-8-14-22/h2-16,24-27H,17-19H2,1H3,(H,31,33)/t24-,25+,26+,27+/m0/s1. The van der Waals surface area contributed by atoms with Gasteiger partial charge in [-0.25, -0.2) is 14.0 Å². The number of piperidine rings is 1. The molecule has 0 aliphatic carbocycles. The predicted molar refractivity (Wildman–Crippen MR) is 136 cm³/mol. The highest BCUT2D eigenvalue weighted by molar-refractivity contribution is 5.90. The van der Waals surface area contributed by atoms with Crippen LogP contribution in [0.15, 0.2) is 91.0 Å². The second-order valence-electron chi connectivity index (χ2n) is 8.92. The summed E-state index contributed by atoms with van der Waals surface area (Å²) in [7, 11) is 0. The summed E-state index contributed by atoms with van der Waals surface area (Å²) in [6.45, 7) is 1.04. The summed E-state index contributed by atoms with van der Waals surface area (Å²) in [5.41, 5.74) is 1.50. The molecule has 192 valence electrons. The third-order valence-electron chi connectivity index (χ3n) is 6.28. The first kappa shape index (κ1) is 26.0. The van der Waals surface area contributed by atoms with Gasteiger partial charge in [-0.05, 0) is 29.8 Å². The minimum atomic E-state index is -1.18. The first-order valence-corrected chi connectivity index (χ1v) is 12.1. The Labute approximate surface area is 215 Å². The zero-order chi connectivity index (χ0) is 26.2. The molecule has 1 fully saturated rings. The maximum Gasteiger partial charge on any atom is 0.338 e. The van der Waals surface area contributed by atoms with Crippen LogP contribution in [0.2, 0.25) is 0 Å². The summed E-state index contributed by atoms with van der Waals surface area (Å²) in [6.07, 6.45) is -2.29. The molecule has 37 heavy (non-hydrogen) atoms. The molecule has 0 unspecified atom stereocenters. The number of halogens is 1. The molecular weight excluding hydrogens is 475 g/mol. The maximum atomic E-state index is 14.7. The van der Waals surface area contributed by atoms with Crippen molar-refractivity contribution in [1.29, 1.82) is 0 Å². The van der Waals surface area contributed by atoms with Crippen LogP contribution in [-0.2, 0) is 20.8 Å². The predicted octanol–water partition coefficient (Wildman–Crippen LogP) is 3.80. The average Bonchev–Trinajstić information content (AvgIpc) is 2.92. The highest BCUT2D eigenvalue weighted by Crippen LogP contribution is 2.28. The lowest BCUT2D eigenvalue weighted by molar-refractivity contribution is -0.130. The number of hydrogen-bond donors (Lipinski definition) is 1. The van der Waals surface area contributed by atoms with Crippen molar-refractivity contribution < 1.29 is 28.2 Å². The van der Waals surface area contributed by atoms with Crippen LogP contribution in [0.3, 0.4) is 0 Å². The van der Waals surface area contributed by atoms with Gasteiger partial charge in [0.25, 0.3) is 0 Å². The van der Waals surface area contributed by atoms with Gasteiger partial charge < -0.3 is 14.8 Å². The summed E-state index contributed by atoms with van der Waals surface area (Å²) >= 11 is 0. The number of rotatable bonds is 8. The lowest BCUT2D eigenvalue weighted by atomic mass is 9.91. The smallest absolute Gasteiger partial charge is 0.338 e. The molecular formula is C29H29FN2O5. The van der Waals surface area contributed by atoms with Crippen molar-refractivity contribution >= 4 is 17.8 Å². The van der Waals surface area contributed by atoms with Crippen molar-refractivity contribution in [2.24, 2.45) is 0 Å². The molecule has 1 saturated heterocycles. The van der Waals surface area contributed by atoms with E-state index in [-0.39, 0.29) is 18.0 Å². The molecule has 1 amide bonds. The van der Waals surface area contributed by atoms with Gasteiger partial charge in [0.1, 0.15) is 6.67 Å². The molecule has 1 heterocycles. The van der Waals surface area contributed by atoms with Crippen LogP contribution in [0.1, 0.15) is 33.2 Å². The van der Waals surface area contributed by atoms with Crippen molar-refractivity contribution in [3.8, 4) is 0 Å². The van der Waals surface area contributed by atoms with Crippen LogP contribution in [-0.4, -0.2) is 60.3 Å². The Morgan fingerprint density at radius 1 is 0.811 bits per heavy atom. The van der Waals surface area contributed by atoms with Gasteiger partial charge in [0.15, 0.2) is 12.2 Å². The average molecular weight is 505 g/mol. The quantitative estimate of drug-likeness (QED) is 0.470. The van der Waals surface area contributed by atoms with Crippen LogP contribution in [0.4, 0.5) is 4.39 Å². The number of nitrogens with zero attached hydrogens (tertiary/aromatic N) is 1. The molecule has 0 aromatic heterocycles. The second kappa shape index (κ2) is 12.3. The highest BCUT2D eigenvalue weighted by Gasteiger charge is 2.48. The Morgan fingerprint density at radius 2 is 1.30 bits per heavy atom. The van der Waals surface area contributed by atoms with Crippen molar-refractivity contribution in [3.05, 3.63) is 108 Å². The molecule has 0 radical (unpaired) electrons. The van der Waals surface area contributed by atoms with Gasteiger partial charge >= 0.3 is 11.9 Å². The van der Waals surface area contributed by atoms with E-state index in [1.807, 2.05) is 35.2 Å². The Balaban J connectivity index is 1.69. The Kier molecular flexibility index (Phi) is 8.64. The number of benzene rings is 3. The van der Waals surface area contributed by atoms with E-state index < -0.39 is 42.9 Å². The van der Waals surface area contributed by atoms with Crippen LogP contribution >= 0.6 is 0 Å². The molecule has 3 aromatic rings. The maximum absolute atomic E-state index is 14.7. The summed E-state index contributed by atoms with van der Waals surface area (Å²) in [6, 6.07) is 24.5. The third-order valence-corrected chi connectivity index (χ3v) is 6.28. The monoisotopic (exact) mass is 504 g/mol. The number of likely N-dealkylation sites (tertiary alicyclic amines) is 1. The Hall–Kier alpha value is -4.04. The van der Waals surface area contributed by atoms with Gasteiger partial charge in [-0.15, -0.1) is 0 Å². The Morgan fingerprint density at radius 3 is 1.78 bits per heavy atom. The van der Waals surface area contributed by atoms with Crippen LogP contribution in [0, 0.1) is 0 Å². The van der Waals surface area contributed by atoms with Crippen molar-refractivity contribution in [3.63, 3.8) is 0 Å². The molecule has 0 saturated carbocycles. The SMILES string of the molecule is CC(=O)N[C@H]1CN(Cc2ccccc2)[C@H](CF)[C@@H](OC(=O)c2ccccc2)[C@@H]1OC(=O)c1ccccc1. The number of hydrogen-bond acceptors (Lipinski definition) is 6. The minimum absolute atomic E-state index is 0.190. The molecule has 1 aliphatic rings. The lowest BCUT2D eigenvalue weighted by Gasteiger charge is -2.47. The second-order valence-corrected chi connectivity index (χ2v) is 8.92. The van der Waals surface area contributed by atoms with E-state index in [1.54, 1.807) is 60.7 Å². The number of alkyl halides is 1. The molecule has 1 aliphatic heterocycles. The molecule has 8 heteroatoms. The summed E-state index contributed by atoms with van der Waals surface area (Å²) < 4.78 is 26.4. The van der Waals surface area contributed by atoms with Gasteiger partial charge in [0, 0.05) is 20.0 Å². The molecule has 0 spiro atoms. The zero-order valence-corrected chi connectivity index (χ0v) is 20.5. The molecule has 7 nitrogen and oxygen atoms in total. The number of carbonyl (C=O) groups is 3. The Bertz CT molecular complexity index is 1190. The van der Waals surface area contributed by atoms with Gasteiger partial charge in [-0.2, -0.15) is 0 Å². The number of esters is 2. The van der Waals surface area contributed by atoms with E-state index in [0.717, 1.165) is 5.56 Å². The largest absolute Gasteiger partial charge is 0.453 e. The van der Waals surface area contributed by atoms with E-state index in [9.17, 15) is 18.8 Å². The summed E-state index contributed by atoms with van der Waals surface area (Å²) in [4.78, 5) is 40.0. The highest BCUT2D eigenvalue weighted by atomic mass is 19.1. The van der Waals surface area contributed by atoms with Gasteiger partial charge in [0.2, 0.25) is 5.91 Å². The fraction of sp³-hybridized carbons (Fsp3) is 0.276. The molecule has 4 atom stereocenters. The fourth-order valence-electron chi connectivity index (χ4n) is 4.55. The number of amides is 1. The molecule has 1 N–H and O–H groups in total. The molecule has 3 aromatic carbocycles. The van der Waals surface area contributed by atoms with Gasteiger partial charge in [0.05, 0.1) is 23.2 Å². The van der Waals surface area contributed by atoms with Crippen LogP contribution in [0.5, 0.6) is 0 Å². The van der Waals surface area contributed by atoms with Crippen molar-refractivity contribution in [1.82, 2.24) is 10.2 Å².